The summed E-state index contributed by atoms with van der Waals surface area (Å²) in [6.45, 7) is 0. The van der Waals surface area contributed by atoms with E-state index in [-0.39, 0.29) is 6.04 Å². The number of rotatable bonds is 4. The molecule has 18 heavy (non-hydrogen) atoms. The molecule has 0 aliphatic rings. The lowest BCUT2D eigenvalue weighted by atomic mass is 10.0. The highest BCUT2D eigenvalue weighted by Crippen LogP contribution is 2.21. The Labute approximate surface area is 120 Å². The van der Waals surface area contributed by atoms with E-state index in [0.29, 0.717) is 12.3 Å². The van der Waals surface area contributed by atoms with Crippen LogP contribution in [0.4, 0.5) is 0 Å². The average Bonchev–Trinajstić information content (AvgIpc) is 2.39. The molecule has 4 nitrogen and oxygen atoms in total. The van der Waals surface area contributed by atoms with Gasteiger partial charge < -0.3 is 10.5 Å². The zero-order valence-corrected chi connectivity index (χ0v) is 12.2. The van der Waals surface area contributed by atoms with Crippen LogP contribution in [0.1, 0.15) is 17.3 Å². The third-order valence-corrected chi connectivity index (χ3v) is 3.62. The third-order valence-electron chi connectivity index (χ3n) is 2.64. The lowest BCUT2D eigenvalue weighted by Crippen LogP contribution is -2.15. The molecule has 2 rings (SSSR count). The minimum absolute atomic E-state index is 0.0716. The van der Waals surface area contributed by atoms with Crippen LogP contribution in [0.5, 0.6) is 5.88 Å². The molecule has 94 valence electrons. The standard InChI is InChI=1S/C13H14IN3O/c1-18-13-7-9(16-8-17-13)6-12(15)10-4-2-3-5-11(10)14/h2-5,7-8,12H,6,15H2,1H3. The van der Waals surface area contributed by atoms with Crippen molar-refractivity contribution in [2.45, 2.75) is 12.5 Å². The number of nitrogens with two attached hydrogens (primary N) is 1. The minimum atomic E-state index is -0.0716. The fourth-order valence-corrected chi connectivity index (χ4v) is 2.50. The molecule has 0 bridgehead atoms. The van der Waals surface area contributed by atoms with Gasteiger partial charge in [-0.15, -0.1) is 0 Å². The highest BCUT2D eigenvalue weighted by Gasteiger charge is 2.11. The molecular weight excluding hydrogens is 341 g/mol. The zero-order chi connectivity index (χ0) is 13.0. The average molecular weight is 355 g/mol. The Kier molecular flexibility index (Phi) is 4.48. The first kappa shape index (κ1) is 13.2. The molecular formula is C13H14IN3O. The number of hydrogen-bond acceptors (Lipinski definition) is 4. The summed E-state index contributed by atoms with van der Waals surface area (Å²) in [5.74, 6) is 0.565. The van der Waals surface area contributed by atoms with Crippen molar-refractivity contribution in [3.63, 3.8) is 0 Å². The van der Waals surface area contributed by atoms with Crippen molar-refractivity contribution in [2.24, 2.45) is 5.73 Å². The van der Waals surface area contributed by atoms with E-state index < -0.39 is 0 Å². The van der Waals surface area contributed by atoms with Crippen molar-refractivity contribution >= 4 is 22.6 Å². The second-order valence-corrected chi connectivity index (χ2v) is 5.05. The molecule has 0 aliphatic heterocycles. The van der Waals surface area contributed by atoms with Crippen LogP contribution in [0.15, 0.2) is 36.7 Å². The van der Waals surface area contributed by atoms with Gasteiger partial charge in [0.2, 0.25) is 5.88 Å². The molecule has 2 N–H and O–H groups in total. The van der Waals surface area contributed by atoms with Gasteiger partial charge in [0, 0.05) is 27.8 Å². The van der Waals surface area contributed by atoms with E-state index >= 15 is 0 Å². The van der Waals surface area contributed by atoms with Gasteiger partial charge in [-0.1, -0.05) is 18.2 Å². The molecule has 1 unspecified atom stereocenters. The monoisotopic (exact) mass is 355 g/mol. The topological polar surface area (TPSA) is 61.0 Å². The van der Waals surface area contributed by atoms with Gasteiger partial charge in [0.15, 0.2) is 0 Å². The molecule has 2 aromatic rings. The van der Waals surface area contributed by atoms with Crippen molar-refractivity contribution in [1.29, 1.82) is 0 Å². The Balaban J connectivity index is 2.16. The molecule has 1 atom stereocenters. The fraction of sp³-hybridized carbons (Fsp3) is 0.231. The molecule has 0 amide bonds. The normalized spacial score (nSPS) is 12.2. The summed E-state index contributed by atoms with van der Waals surface area (Å²) in [5.41, 5.74) is 8.23. The maximum atomic E-state index is 6.21. The highest BCUT2D eigenvalue weighted by atomic mass is 127. The first-order valence-corrected chi connectivity index (χ1v) is 6.63. The zero-order valence-electron chi connectivity index (χ0n) is 10.0. The number of nitrogens with zero attached hydrogens (tertiary/aromatic N) is 2. The van der Waals surface area contributed by atoms with Crippen LogP contribution in [-0.4, -0.2) is 17.1 Å². The molecule has 1 heterocycles. The second-order valence-electron chi connectivity index (χ2n) is 3.88. The Morgan fingerprint density at radius 3 is 2.83 bits per heavy atom. The number of halogens is 1. The van der Waals surface area contributed by atoms with Gasteiger partial charge in [-0.05, 0) is 34.2 Å². The predicted octanol–water partition coefficient (Wildman–Crippen LogP) is 2.33. The quantitative estimate of drug-likeness (QED) is 0.856. The van der Waals surface area contributed by atoms with Gasteiger partial charge in [0.05, 0.1) is 7.11 Å². The van der Waals surface area contributed by atoms with Crippen LogP contribution in [0, 0.1) is 3.57 Å². The van der Waals surface area contributed by atoms with E-state index in [1.807, 2.05) is 24.3 Å². The summed E-state index contributed by atoms with van der Waals surface area (Å²) in [7, 11) is 1.59. The number of methoxy groups -OCH3 is 1. The van der Waals surface area contributed by atoms with Gasteiger partial charge in [-0.3, -0.25) is 0 Å². The smallest absolute Gasteiger partial charge is 0.216 e. The summed E-state index contributed by atoms with van der Waals surface area (Å²) in [6, 6.07) is 9.85. The number of ether oxygens (including phenoxy) is 1. The highest BCUT2D eigenvalue weighted by molar-refractivity contribution is 14.1. The molecule has 5 heteroatoms. The lowest BCUT2D eigenvalue weighted by molar-refractivity contribution is 0.395. The maximum absolute atomic E-state index is 6.21. The largest absolute Gasteiger partial charge is 0.481 e. The van der Waals surface area contributed by atoms with Crippen molar-refractivity contribution in [2.75, 3.05) is 7.11 Å². The first-order valence-electron chi connectivity index (χ1n) is 5.55. The lowest BCUT2D eigenvalue weighted by Gasteiger charge is -2.13. The molecule has 0 fully saturated rings. The summed E-state index contributed by atoms with van der Waals surface area (Å²) in [4.78, 5) is 8.19. The second kappa shape index (κ2) is 6.10. The van der Waals surface area contributed by atoms with Crippen LogP contribution in [0.3, 0.4) is 0 Å². The maximum Gasteiger partial charge on any atom is 0.216 e. The van der Waals surface area contributed by atoms with Gasteiger partial charge >= 0.3 is 0 Å². The van der Waals surface area contributed by atoms with E-state index in [2.05, 4.69) is 38.6 Å². The molecule has 1 aromatic carbocycles. The SMILES string of the molecule is COc1cc(CC(N)c2ccccc2I)ncn1. The van der Waals surface area contributed by atoms with Crippen molar-refractivity contribution < 1.29 is 4.74 Å². The molecule has 0 aliphatic carbocycles. The van der Waals surface area contributed by atoms with Crippen molar-refractivity contribution in [3.05, 3.63) is 51.5 Å². The molecule has 0 saturated carbocycles. The predicted molar refractivity (Wildman–Crippen MR) is 78.4 cm³/mol. The Morgan fingerprint density at radius 1 is 1.33 bits per heavy atom. The van der Waals surface area contributed by atoms with E-state index in [1.54, 1.807) is 7.11 Å². The van der Waals surface area contributed by atoms with Crippen molar-refractivity contribution in [1.82, 2.24) is 9.97 Å². The first-order chi connectivity index (χ1) is 8.70. The van der Waals surface area contributed by atoms with Crippen LogP contribution in [0.25, 0.3) is 0 Å². The number of hydrogen-bond donors (Lipinski definition) is 1. The summed E-state index contributed by atoms with van der Waals surface area (Å²) in [5, 5.41) is 0. The van der Waals surface area contributed by atoms with E-state index in [1.165, 1.54) is 9.90 Å². The third kappa shape index (κ3) is 3.17. The Hall–Kier alpha value is -1.21. The summed E-state index contributed by atoms with van der Waals surface area (Å²) >= 11 is 2.29. The minimum Gasteiger partial charge on any atom is -0.481 e. The summed E-state index contributed by atoms with van der Waals surface area (Å²) in [6.07, 6.45) is 2.16. The van der Waals surface area contributed by atoms with Gasteiger partial charge in [0.1, 0.15) is 6.33 Å². The molecule has 0 spiro atoms. The van der Waals surface area contributed by atoms with Gasteiger partial charge in [0.25, 0.3) is 0 Å². The van der Waals surface area contributed by atoms with E-state index in [9.17, 15) is 0 Å². The van der Waals surface area contributed by atoms with E-state index in [0.717, 1.165) is 11.3 Å². The van der Waals surface area contributed by atoms with Crippen LogP contribution >= 0.6 is 22.6 Å². The number of benzene rings is 1. The molecule has 0 radical (unpaired) electrons. The van der Waals surface area contributed by atoms with Crippen LogP contribution < -0.4 is 10.5 Å². The van der Waals surface area contributed by atoms with E-state index in [4.69, 9.17) is 10.5 Å². The molecule has 1 aromatic heterocycles. The summed E-state index contributed by atoms with van der Waals surface area (Å²) < 4.78 is 6.24. The van der Waals surface area contributed by atoms with Crippen LogP contribution in [-0.2, 0) is 6.42 Å². The number of aromatic nitrogens is 2. The Morgan fingerprint density at radius 2 is 2.11 bits per heavy atom. The molecule has 0 saturated heterocycles. The fourth-order valence-electron chi connectivity index (χ4n) is 1.71. The van der Waals surface area contributed by atoms with Gasteiger partial charge in [-0.2, -0.15) is 0 Å². The Bertz CT molecular complexity index is 533. The van der Waals surface area contributed by atoms with Crippen molar-refractivity contribution in [3.8, 4) is 5.88 Å². The van der Waals surface area contributed by atoms with Crippen LogP contribution in [0.2, 0.25) is 0 Å². The van der Waals surface area contributed by atoms with Gasteiger partial charge in [-0.25, -0.2) is 9.97 Å².